The first-order valence-electron chi connectivity index (χ1n) is 6.22. The molecule has 2 nitrogen and oxygen atoms in total. The van der Waals surface area contributed by atoms with Gasteiger partial charge >= 0.3 is 0 Å². The summed E-state index contributed by atoms with van der Waals surface area (Å²) in [6.45, 7) is 7.08. The molecule has 0 atom stereocenters. The highest BCUT2D eigenvalue weighted by Gasteiger charge is 2.22. The van der Waals surface area contributed by atoms with Crippen molar-refractivity contribution < 1.29 is 4.74 Å². The third kappa shape index (κ3) is 2.71. The lowest BCUT2D eigenvalue weighted by Gasteiger charge is -2.33. The zero-order chi connectivity index (χ0) is 9.80. The van der Waals surface area contributed by atoms with Gasteiger partial charge in [0.15, 0.2) is 0 Å². The van der Waals surface area contributed by atoms with Crippen molar-refractivity contribution in [2.75, 3.05) is 26.2 Å². The highest BCUT2D eigenvalue weighted by Crippen LogP contribution is 2.24. The van der Waals surface area contributed by atoms with Gasteiger partial charge in [0.05, 0.1) is 6.10 Å². The topological polar surface area (TPSA) is 12.5 Å². The second-order valence-corrected chi connectivity index (χ2v) is 4.76. The summed E-state index contributed by atoms with van der Waals surface area (Å²) in [5.41, 5.74) is 0. The van der Waals surface area contributed by atoms with Gasteiger partial charge in [0.1, 0.15) is 0 Å². The number of hydrogen-bond acceptors (Lipinski definition) is 2. The lowest BCUT2D eigenvalue weighted by Crippen LogP contribution is -2.36. The lowest BCUT2D eigenvalue weighted by atomic mass is 9.94. The van der Waals surface area contributed by atoms with Crippen LogP contribution in [0.4, 0.5) is 0 Å². The molecule has 0 amide bonds. The van der Waals surface area contributed by atoms with Crippen LogP contribution in [-0.4, -0.2) is 37.2 Å². The summed E-state index contributed by atoms with van der Waals surface area (Å²) in [5.74, 6) is 0.846. The van der Waals surface area contributed by atoms with E-state index < -0.39 is 0 Å². The first-order chi connectivity index (χ1) is 6.88. The highest BCUT2D eigenvalue weighted by atomic mass is 16.5. The normalized spacial score (nSPS) is 26.4. The van der Waals surface area contributed by atoms with Crippen molar-refractivity contribution in [2.24, 2.45) is 5.92 Å². The number of piperidine rings is 1. The number of hydrogen-bond donors (Lipinski definition) is 0. The minimum absolute atomic E-state index is 0.624. The Morgan fingerprint density at radius 2 is 1.86 bits per heavy atom. The quantitative estimate of drug-likeness (QED) is 0.685. The summed E-state index contributed by atoms with van der Waals surface area (Å²) in [6.07, 6.45) is 7.33. The molecule has 2 rings (SSSR count). The Labute approximate surface area is 87.6 Å². The second-order valence-electron chi connectivity index (χ2n) is 4.76. The van der Waals surface area contributed by atoms with E-state index in [1.807, 2.05) is 0 Å². The predicted octanol–water partition coefficient (Wildman–Crippen LogP) is 2.29. The molecule has 0 aromatic carbocycles. The van der Waals surface area contributed by atoms with Crippen LogP contribution < -0.4 is 0 Å². The second kappa shape index (κ2) is 5.13. The SMILES string of the molecule is CCN1CCC(COC2CCC2)CC1. The van der Waals surface area contributed by atoms with Gasteiger partial charge in [-0.15, -0.1) is 0 Å². The molecule has 0 spiro atoms. The van der Waals surface area contributed by atoms with E-state index in [0.29, 0.717) is 6.10 Å². The smallest absolute Gasteiger partial charge is 0.0575 e. The van der Waals surface area contributed by atoms with Gasteiger partial charge in [0, 0.05) is 6.61 Å². The molecule has 0 aromatic heterocycles. The van der Waals surface area contributed by atoms with Gasteiger partial charge in [-0.3, -0.25) is 0 Å². The van der Waals surface area contributed by atoms with Gasteiger partial charge in [-0.1, -0.05) is 6.92 Å². The van der Waals surface area contributed by atoms with Crippen molar-refractivity contribution in [3.05, 3.63) is 0 Å². The molecule has 1 saturated heterocycles. The summed E-state index contributed by atoms with van der Waals surface area (Å²) in [4.78, 5) is 2.54. The fourth-order valence-electron chi connectivity index (χ4n) is 2.28. The van der Waals surface area contributed by atoms with Crippen molar-refractivity contribution in [1.29, 1.82) is 0 Å². The largest absolute Gasteiger partial charge is 0.378 e. The van der Waals surface area contributed by atoms with Crippen LogP contribution >= 0.6 is 0 Å². The van der Waals surface area contributed by atoms with E-state index >= 15 is 0 Å². The van der Waals surface area contributed by atoms with Crippen molar-refractivity contribution in [2.45, 2.75) is 45.1 Å². The van der Waals surface area contributed by atoms with Crippen LogP contribution in [0.3, 0.4) is 0 Å². The van der Waals surface area contributed by atoms with E-state index in [9.17, 15) is 0 Å². The fourth-order valence-corrected chi connectivity index (χ4v) is 2.28. The number of rotatable bonds is 4. The molecule has 0 aromatic rings. The molecule has 1 heterocycles. The van der Waals surface area contributed by atoms with E-state index in [4.69, 9.17) is 4.74 Å². The summed E-state index contributed by atoms with van der Waals surface area (Å²) in [5, 5.41) is 0. The summed E-state index contributed by atoms with van der Waals surface area (Å²) in [6, 6.07) is 0. The van der Waals surface area contributed by atoms with Crippen LogP contribution in [0.15, 0.2) is 0 Å². The van der Waals surface area contributed by atoms with Gasteiger partial charge < -0.3 is 9.64 Å². The van der Waals surface area contributed by atoms with Gasteiger partial charge in [0.25, 0.3) is 0 Å². The molecule has 1 aliphatic carbocycles. The van der Waals surface area contributed by atoms with E-state index in [1.54, 1.807) is 0 Å². The molecule has 0 unspecified atom stereocenters. The Morgan fingerprint density at radius 1 is 1.14 bits per heavy atom. The first kappa shape index (κ1) is 10.4. The Balaban J connectivity index is 1.58. The first-order valence-corrected chi connectivity index (χ1v) is 6.22. The van der Waals surface area contributed by atoms with Crippen molar-refractivity contribution in [1.82, 2.24) is 4.90 Å². The molecular weight excluding hydrogens is 174 g/mol. The molecular formula is C12H23NO. The van der Waals surface area contributed by atoms with Crippen LogP contribution in [0.2, 0.25) is 0 Å². The van der Waals surface area contributed by atoms with Crippen molar-refractivity contribution >= 4 is 0 Å². The molecule has 1 saturated carbocycles. The molecule has 0 bridgehead atoms. The third-order valence-corrected chi connectivity index (χ3v) is 3.77. The highest BCUT2D eigenvalue weighted by molar-refractivity contribution is 4.74. The Bertz CT molecular complexity index is 160. The van der Waals surface area contributed by atoms with E-state index in [0.717, 1.165) is 12.5 Å². The van der Waals surface area contributed by atoms with Crippen LogP contribution in [0.25, 0.3) is 0 Å². The molecule has 2 aliphatic rings. The average molecular weight is 197 g/mol. The molecule has 0 N–H and O–H groups in total. The average Bonchev–Trinajstić information content (AvgIpc) is 2.16. The number of likely N-dealkylation sites (tertiary alicyclic amines) is 1. The molecule has 14 heavy (non-hydrogen) atoms. The minimum atomic E-state index is 0.624. The number of ether oxygens (including phenoxy) is 1. The maximum absolute atomic E-state index is 5.87. The summed E-state index contributed by atoms with van der Waals surface area (Å²) >= 11 is 0. The predicted molar refractivity (Wildman–Crippen MR) is 58.4 cm³/mol. The molecule has 0 radical (unpaired) electrons. The maximum Gasteiger partial charge on any atom is 0.0575 e. The maximum atomic E-state index is 5.87. The van der Waals surface area contributed by atoms with Crippen LogP contribution in [0.1, 0.15) is 39.0 Å². The van der Waals surface area contributed by atoms with E-state index in [1.165, 1.54) is 51.7 Å². The monoisotopic (exact) mass is 197 g/mol. The molecule has 82 valence electrons. The van der Waals surface area contributed by atoms with Crippen molar-refractivity contribution in [3.63, 3.8) is 0 Å². The zero-order valence-corrected chi connectivity index (χ0v) is 9.37. The fraction of sp³-hybridized carbons (Fsp3) is 1.00. The van der Waals surface area contributed by atoms with Gasteiger partial charge in [-0.2, -0.15) is 0 Å². The lowest BCUT2D eigenvalue weighted by molar-refractivity contribution is -0.0256. The van der Waals surface area contributed by atoms with Crippen molar-refractivity contribution in [3.8, 4) is 0 Å². The summed E-state index contributed by atoms with van der Waals surface area (Å²) in [7, 11) is 0. The third-order valence-electron chi connectivity index (χ3n) is 3.77. The number of nitrogens with zero attached hydrogens (tertiary/aromatic N) is 1. The Hall–Kier alpha value is -0.0800. The van der Waals surface area contributed by atoms with E-state index in [2.05, 4.69) is 11.8 Å². The van der Waals surface area contributed by atoms with Gasteiger partial charge in [-0.25, -0.2) is 0 Å². The minimum Gasteiger partial charge on any atom is -0.378 e. The summed E-state index contributed by atoms with van der Waals surface area (Å²) < 4.78 is 5.87. The standard InChI is InChI=1S/C12H23NO/c1-2-13-8-6-11(7-9-13)10-14-12-4-3-5-12/h11-12H,2-10H2,1H3. The van der Waals surface area contributed by atoms with Crippen LogP contribution in [-0.2, 0) is 4.74 Å². The van der Waals surface area contributed by atoms with Crippen LogP contribution in [0, 0.1) is 5.92 Å². The Kier molecular flexibility index (Phi) is 3.82. The van der Waals surface area contributed by atoms with Crippen LogP contribution in [0.5, 0.6) is 0 Å². The zero-order valence-electron chi connectivity index (χ0n) is 9.37. The Morgan fingerprint density at radius 3 is 2.36 bits per heavy atom. The van der Waals surface area contributed by atoms with E-state index in [-0.39, 0.29) is 0 Å². The van der Waals surface area contributed by atoms with Gasteiger partial charge in [-0.05, 0) is 57.7 Å². The molecule has 1 aliphatic heterocycles. The van der Waals surface area contributed by atoms with Gasteiger partial charge in [0.2, 0.25) is 0 Å². The molecule has 2 fully saturated rings. The molecule has 2 heteroatoms.